The second kappa shape index (κ2) is 2.97. The molecule has 0 N–H and O–H groups in total. The summed E-state index contributed by atoms with van der Waals surface area (Å²) in [6, 6.07) is 7.52. The summed E-state index contributed by atoms with van der Waals surface area (Å²) in [6.07, 6.45) is 1.15. The molecule has 0 aliphatic carbocycles. The summed E-state index contributed by atoms with van der Waals surface area (Å²) in [5, 5.41) is 10.4. The zero-order valence-electron chi connectivity index (χ0n) is 6.93. The molecule has 0 aromatic heterocycles. The van der Waals surface area contributed by atoms with Crippen LogP contribution in [0, 0.1) is 10.1 Å². The summed E-state index contributed by atoms with van der Waals surface area (Å²) >= 11 is 0. The fourth-order valence-electron chi connectivity index (χ4n) is 1.40. The van der Waals surface area contributed by atoms with Gasteiger partial charge in [-0.15, -0.1) is 0 Å². The average molecular weight is 176 g/mol. The molecule has 1 aliphatic heterocycles. The summed E-state index contributed by atoms with van der Waals surface area (Å²) in [6.45, 7) is 0. The minimum Gasteiger partial charge on any atom is -0.358 e. The summed E-state index contributed by atoms with van der Waals surface area (Å²) < 4.78 is 0. The zero-order chi connectivity index (χ0) is 9.26. The van der Waals surface area contributed by atoms with Gasteiger partial charge in [0.25, 0.3) is 0 Å². The highest BCUT2D eigenvalue weighted by molar-refractivity contribution is 5.80. The number of aryl methyl sites for hydroxylation is 1. The minimum absolute atomic E-state index is 0.0682. The van der Waals surface area contributed by atoms with E-state index in [1.54, 1.807) is 6.07 Å². The lowest BCUT2D eigenvalue weighted by molar-refractivity contribution is -0.353. The largest absolute Gasteiger partial charge is 0.358 e. The highest BCUT2D eigenvalue weighted by Crippen LogP contribution is 2.24. The topological polar surface area (TPSA) is 55.5 Å². The SMILES string of the molecule is O=[N+]([O-])C1=Nc2ccccc2CC1. The van der Waals surface area contributed by atoms with Gasteiger partial charge in [0, 0.05) is 5.56 Å². The van der Waals surface area contributed by atoms with E-state index in [9.17, 15) is 10.1 Å². The summed E-state index contributed by atoms with van der Waals surface area (Å²) in [5.41, 5.74) is 1.83. The van der Waals surface area contributed by atoms with Crippen LogP contribution in [0.5, 0.6) is 0 Å². The summed E-state index contributed by atoms with van der Waals surface area (Å²) in [5.74, 6) is 0.0682. The molecule has 0 fully saturated rings. The molecule has 1 aliphatic rings. The molecule has 4 heteroatoms. The van der Waals surface area contributed by atoms with E-state index >= 15 is 0 Å². The van der Waals surface area contributed by atoms with E-state index in [2.05, 4.69) is 4.99 Å². The van der Waals surface area contributed by atoms with Crippen molar-refractivity contribution in [3.8, 4) is 0 Å². The van der Waals surface area contributed by atoms with Gasteiger partial charge in [0.05, 0.1) is 6.42 Å². The Morgan fingerprint density at radius 3 is 2.85 bits per heavy atom. The van der Waals surface area contributed by atoms with Crippen LogP contribution in [0.25, 0.3) is 0 Å². The molecule has 1 heterocycles. The summed E-state index contributed by atoms with van der Waals surface area (Å²) in [4.78, 5) is 14.0. The van der Waals surface area contributed by atoms with Gasteiger partial charge in [-0.25, -0.2) is 0 Å². The van der Waals surface area contributed by atoms with E-state index in [1.165, 1.54) is 0 Å². The maximum Gasteiger partial charge on any atom is 0.339 e. The minimum atomic E-state index is -0.407. The van der Waals surface area contributed by atoms with Gasteiger partial charge in [-0.2, -0.15) is 0 Å². The third-order valence-electron chi connectivity index (χ3n) is 2.07. The van der Waals surface area contributed by atoms with Crippen LogP contribution in [0.4, 0.5) is 5.69 Å². The molecule has 0 spiro atoms. The highest BCUT2D eigenvalue weighted by Gasteiger charge is 2.20. The Bertz CT molecular complexity index is 385. The number of hydrogen-bond acceptors (Lipinski definition) is 3. The van der Waals surface area contributed by atoms with Crippen LogP contribution in [0.3, 0.4) is 0 Å². The number of aliphatic imine (C=N–C) groups is 1. The van der Waals surface area contributed by atoms with E-state index in [1.807, 2.05) is 18.2 Å². The van der Waals surface area contributed by atoms with Crippen LogP contribution in [0.1, 0.15) is 12.0 Å². The maximum absolute atomic E-state index is 10.4. The molecule has 2 rings (SSSR count). The Hall–Kier alpha value is -1.71. The molecule has 0 amide bonds. The van der Waals surface area contributed by atoms with Crippen molar-refractivity contribution in [2.24, 2.45) is 4.99 Å². The number of amidine groups is 1. The Kier molecular flexibility index (Phi) is 1.81. The second-order valence-corrected chi connectivity index (χ2v) is 2.91. The van der Waals surface area contributed by atoms with E-state index in [-0.39, 0.29) is 5.84 Å². The number of fused-ring (bicyclic) bond motifs is 1. The molecule has 0 unspecified atom stereocenters. The van der Waals surface area contributed by atoms with Crippen molar-refractivity contribution in [1.82, 2.24) is 0 Å². The van der Waals surface area contributed by atoms with Crippen LogP contribution >= 0.6 is 0 Å². The molecule has 0 saturated heterocycles. The van der Waals surface area contributed by atoms with Crippen LogP contribution in [0.15, 0.2) is 29.3 Å². The third-order valence-corrected chi connectivity index (χ3v) is 2.07. The lowest BCUT2D eigenvalue weighted by Crippen LogP contribution is -2.15. The van der Waals surface area contributed by atoms with Crippen LogP contribution in [-0.4, -0.2) is 10.8 Å². The smallest absolute Gasteiger partial charge is 0.339 e. The first kappa shape index (κ1) is 7.91. The van der Waals surface area contributed by atoms with E-state index in [4.69, 9.17) is 0 Å². The first-order valence-corrected chi connectivity index (χ1v) is 4.07. The molecule has 1 aromatic rings. The lowest BCUT2D eigenvalue weighted by atomic mass is 10.0. The van der Waals surface area contributed by atoms with Crippen molar-refractivity contribution in [2.75, 3.05) is 0 Å². The average Bonchev–Trinajstić information content (AvgIpc) is 2.17. The third kappa shape index (κ3) is 1.42. The standard InChI is InChI=1S/C9H8N2O2/c12-11(13)9-6-5-7-3-1-2-4-8(7)10-9/h1-4H,5-6H2. The molecular weight excluding hydrogens is 168 g/mol. The normalized spacial score (nSPS) is 14.6. The molecule has 4 nitrogen and oxygen atoms in total. The predicted octanol–water partition coefficient (Wildman–Crippen LogP) is 1.94. The molecule has 66 valence electrons. The Balaban J connectivity index is 2.44. The van der Waals surface area contributed by atoms with E-state index < -0.39 is 4.92 Å². The van der Waals surface area contributed by atoms with Gasteiger partial charge in [0.1, 0.15) is 0 Å². The van der Waals surface area contributed by atoms with Gasteiger partial charge in [0.15, 0.2) is 5.69 Å². The Morgan fingerprint density at radius 2 is 2.08 bits per heavy atom. The van der Waals surface area contributed by atoms with E-state index in [0.29, 0.717) is 6.42 Å². The maximum atomic E-state index is 10.4. The predicted molar refractivity (Wildman–Crippen MR) is 48.9 cm³/mol. The van der Waals surface area contributed by atoms with Crippen molar-refractivity contribution in [2.45, 2.75) is 12.8 Å². The van der Waals surface area contributed by atoms with Crippen molar-refractivity contribution in [3.63, 3.8) is 0 Å². The van der Waals surface area contributed by atoms with Crippen molar-refractivity contribution in [1.29, 1.82) is 0 Å². The van der Waals surface area contributed by atoms with Gasteiger partial charge < -0.3 is 10.1 Å². The molecule has 0 radical (unpaired) electrons. The first-order chi connectivity index (χ1) is 6.27. The molecule has 0 saturated carbocycles. The molecule has 13 heavy (non-hydrogen) atoms. The van der Waals surface area contributed by atoms with Crippen molar-refractivity contribution in [3.05, 3.63) is 39.9 Å². The molecule has 0 bridgehead atoms. The van der Waals surface area contributed by atoms with Crippen LogP contribution < -0.4 is 0 Å². The molecule has 1 aromatic carbocycles. The van der Waals surface area contributed by atoms with Crippen molar-refractivity contribution < 1.29 is 4.92 Å². The second-order valence-electron chi connectivity index (χ2n) is 2.91. The summed E-state index contributed by atoms with van der Waals surface area (Å²) in [7, 11) is 0. The van der Waals surface area contributed by atoms with Gasteiger partial charge in [-0.1, -0.05) is 18.2 Å². The van der Waals surface area contributed by atoms with Crippen molar-refractivity contribution >= 4 is 11.5 Å². The first-order valence-electron chi connectivity index (χ1n) is 4.07. The number of benzene rings is 1. The Morgan fingerprint density at radius 1 is 1.31 bits per heavy atom. The number of nitrogens with zero attached hydrogens (tertiary/aromatic N) is 2. The monoisotopic (exact) mass is 176 g/mol. The van der Waals surface area contributed by atoms with Gasteiger partial charge in [0.2, 0.25) is 0 Å². The van der Waals surface area contributed by atoms with E-state index in [0.717, 1.165) is 17.7 Å². The number of hydrogen-bond donors (Lipinski definition) is 0. The number of rotatable bonds is 0. The Labute approximate surface area is 75.1 Å². The highest BCUT2D eigenvalue weighted by atomic mass is 16.6. The molecular formula is C9H8N2O2. The number of nitro groups is 1. The van der Waals surface area contributed by atoms with Gasteiger partial charge in [-0.3, -0.25) is 0 Å². The zero-order valence-corrected chi connectivity index (χ0v) is 6.93. The quantitative estimate of drug-likeness (QED) is 0.448. The van der Waals surface area contributed by atoms with Gasteiger partial charge in [-0.05, 0) is 22.4 Å². The number of para-hydroxylation sites is 1. The van der Waals surface area contributed by atoms with Gasteiger partial charge >= 0.3 is 5.84 Å². The fraction of sp³-hybridized carbons (Fsp3) is 0.222. The lowest BCUT2D eigenvalue weighted by Gasteiger charge is -2.06. The fourth-order valence-corrected chi connectivity index (χ4v) is 1.40. The van der Waals surface area contributed by atoms with Crippen LogP contribution in [0.2, 0.25) is 0 Å². The molecule has 0 atom stereocenters. The van der Waals surface area contributed by atoms with Crippen LogP contribution in [-0.2, 0) is 6.42 Å².